The van der Waals surface area contributed by atoms with Gasteiger partial charge in [-0.2, -0.15) is 0 Å². The molecule has 2 aromatic carbocycles. The van der Waals surface area contributed by atoms with E-state index in [1.807, 2.05) is 30.3 Å². The van der Waals surface area contributed by atoms with Gasteiger partial charge in [0.05, 0.1) is 16.8 Å². The van der Waals surface area contributed by atoms with Crippen LogP contribution in [0.25, 0.3) is 0 Å². The quantitative estimate of drug-likeness (QED) is 0.747. The summed E-state index contributed by atoms with van der Waals surface area (Å²) in [4.78, 5) is 45.2. The molecule has 2 aliphatic heterocycles. The van der Waals surface area contributed by atoms with Gasteiger partial charge in [0.15, 0.2) is 5.17 Å². The van der Waals surface area contributed by atoms with E-state index in [-0.39, 0.29) is 30.7 Å². The van der Waals surface area contributed by atoms with Gasteiger partial charge in [-0.05, 0) is 30.7 Å². The van der Waals surface area contributed by atoms with Crippen molar-refractivity contribution in [2.75, 3.05) is 18.8 Å². The van der Waals surface area contributed by atoms with Gasteiger partial charge >= 0.3 is 0 Å². The van der Waals surface area contributed by atoms with Gasteiger partial charge < -0.3 is 0 Å². The van der Waals surface area contributed by atoms with Crippen LogP contribution in [0.2, 0.25) is 0 Å². The zero-order valence-electron chi connectivity index (χ0n) is 15.2. The van der Waals surface area contributed by atoms with Crippen molar-refractivity contribution in [1.29, 1.82) is 0 Å². The van der Waals surface area contributed by atoms with E-state index in [9.17, 15) is 14.4 Å². The summed E-state index contributed by atoms with van der Waals surface area (Å²) in [7, 11) is 0. The third-order valence-electron chi connectivity index (χ3n) is 4.70. The second kappa shape index (κ2) is 7.98. The molecule has 0 spiro atoms. The summed E-state index contributed by atoms with van der Waals surface area (Å²) in [6.07, 6.45) is 0.969. The van der Waals surface area contributed by atoms with Gasteiger partial charge in [0.1, 0.15) is 0 Å². The van der Waals surface area contributed by atoms with Crippen molar-refractivity contribution in [2.45, 2.75) is 12.8 Å². The lowest BCUT2D eigenvalue weighted by Gasteiger charge is -2.28. The van der Waals surface area contributed by atoms with Crippen LogP contribution in [0.4, 0.5) is 5.69 Å². The van der Waals surface area contributed by atoms with Gasteiger partial charge in [0.2, 0.25) is 5.91 Å². The lowest BCUT2D eigenvalue weighted by atomic mass is 10.1. The molecule has 2 aromatic rings. The third kappa shape index (κ3) is 3.57. The number of nitrogens with zero attached hydrogens (tertiary/aromatic N) is 3. The van der Waals surface area contributed by atoms with Crippen LogP contribution in [0.3, 0.4) is 0 Å². The number of carbonyl (C=O) groups is 3. The minimum atomic E-state index is -0.334. The fourth-order valence-electron chi connectivity index (χ4n) is 3.28. The standard InChI is InChI=1S/C21H19N3O3S/c25-18(11-13-24-19(26)16-9-4-5-10-17(16)20(24)27)23-12-6-14-28-21(23)22-15-7-2-1-3-8-15/h1-5,7-10H,6,11-14H2. The Morgan fingerprint density at radius 3 is 2.29 bits per heavy atom. The maximum Gasteiger partial charge on any atom is 0.261 e. The Kier molecular flexibility index (Phi) is 5.25. The molecule has 0 saturated carbocycles. The van der Waals surface area contributed by atoms with Crippen molar-refractivity contribution in [3.05, 3.63) is 65.7 Å². The van der Waals surface area contributed by atoms with Crippen molar-refractivity contribution in [1.82, 2.24) is 9.80 Å². The molecule has 6 nitrogen and oxygen atoms in total. The first-order valence-electron chi connectivity index (χ1n) is 9.17. The number of carbonyl (C=O) groups excluding carboxylic acids is 3. The molecule has 0 N–H and O–H groups in total. The van der Waals surface area contributed by atoms with E-state index >= 15 is 0 Å². The van der Waals surface area contributed by atoms with Crippen LogP contribution in [-0.4, -0.2) is 51.5 Å². The van der Waals surface area contributed by atoms with E-state index in [1.54, 1.807) is 40.9 Å². The highest BCUT2D eigenvalue weighted by molar-refractivity contribution is 8.13. The van der Waals surface area contributed by atoms with Crippen LogP contribution in [0.1, 0.15) is 33.6 Å². The predicted octanol–water partition coefficient (Wildman–Crippen LogP) is 3.33. The molecule has 0 radical (unpaired) electrons. The summed E-state index contributed by atoms with van der Waals surface area (Å²) < 4.78 is 0. The van der Waals surface area contributed by atoms with Crippen LogP contribution in [0.5, 0.6) is 0 Å². The first kappa shape index (κ1) is 18.4. The molecule has 2 aliphatic rings. The average molecular weight is 393 g/mol. The van der Waals surface area contributed by atoms with Crippen molar-refractivity contribution in [3.8, 4) is 0 Å². The van der Waals surface area contributed by atoms with Crippen LogP contribution in [-0.2, 0) is 4.79 Å². The zero-order valence-corrected chi connectivity index (χ0v) is 16.0. The smallest absolute Gasteiger partial charge is 0.261 e. The summed E-state index contributed by atoms with van der Waals surface area (Å²) in [5.41, 5.74) is 1.60. The monoisotopic (exact) mass is 393 g/mol. The van der Waals surface area contributed by atoms with Crippen LogP contribution in [0, 0.1) is 0 Å². The Morgan fingerprint density at radius 2 is 1.61 bits per heavy atom. The first-order valence-corrected chi connectivity index (χ1v) is 10.2. The van der Waals surface area contributed by atoms with Gasteiger partial charge in [-0.1, -0.05) is 42.1 Å². The summed E-state index contributed by atoms with van der Waals surface area (Å²) in [5.74, 6) is 0.117. The van der Waals surface area contributed by atoms with E-state index in [2.05, 4.69) is 4.99 Å². The third-order valence-corrected chi connectivity index (χ3v) is 5.76. The lowest BCUT2D eigenvalue weighted by Crippen LogP contribution is -2.41. The number of imide groups is 1. The van der Waals surface area contributed by atoms with Crippen molar-refractivity contribution in [2.24, 2.45) is 4.99 Å². The molecule has 28 heavy (non-hydrogen) atoms. The number of amides is 3. The van der Waals surface area contributed by atoms with E-state index in [0.29, 0.717) is 22.8 Å². The number of para-hydroxylation sites is 1. The number of aliphatic imine (C=N–C) groups is 1. The molecular formula is C21H19N3O3S. The number of fused-ring (bicyclic) bond motifs is 1. The Balaban J connectivity index is 1.45. The number of hydrogen-bond donors (Lipinski definition) is 0. The average Bonchev–Trinajstić information content (AvgIpc) is 2.98. The van der Waals surface area contributed by atoms with Gasteiger partial charge in [0.25, 0.3) is 11.8 Å². The highest BCUT2D eigenvalue weighted by Crippen LogP contribution is 2.25. The van der Waals surface area contributed by atoms with Crippen molar-refractivity contribution in [3.63, 3.8) is 0 Å². The second-order valence-corrected chi connectivity index (χ2v) is 7.60. The number of thioether (sulfide) groups is 1. The van der Waals surface area contributed by atoms with Crippen molar-refractivity contribution >= 4 is 40.3 Å². The van der Waals surface area contributed by atoms with Crippen LogP contribution in [0.15, 0.2) is 59.6 Å². The Bertz CT molecular complexity index is 923. The summed E-state index contributed by atoms with van der Waals surface area (Å²) in [5, 5.41) is 0.671. The summed E-state index contributed by atoms with van der Waals surface area (Å²) in [6, 6.07) is 16.3. The molecule has 1 fully saturated rings. The summed E-state index contributed by atoms with van der Waals surface area (Å²) in [6.45, 7) is 0.671. The van der Waals surface area contributed by atoms with Gasteiger partial charge in [0, 0.05) is 25.3 Å². The Morgan fingerprint density at radius 1 is 0.964 bits per heavy atom. The highest BCUT2D eigenvalue weighted by Gasteiger charge is 2.35. The van der Waals surface area contributed by atoms with E-state index in [4.69, 9.17) is 0 Å². The van der Waals surface area contributed by atoms with Crippen LogP contribution < -0.4 is 0 Å². The molecule has 4 rings (SSSR count). The molecule has 0 aliphatic carbocycles. The fourth-order valence-corrected chi connectivity index (χ4v) is 4.26. The number of amidine groups is 1. The molecule has 0 atom stereocenters. The highest BCUT2D eigenvalue weighted by atomic mass is 32.2. The van der Waals surface area contributed by atoms with E-state index in [0.717, 1.165) is 22.8 Å². The van der Waals surface area contributed by atoms with E-state index < -0.39 is 0 Å². The van der Waals surface area contributed by atoms with Gasteiger partial charge in [-0.25, -0.2) is 4.99 Å². The fraction of sp³-hybridized carbons (Fsp3) is 0.238. The largest absolute Gasteiger partial charge is 0.291 e. The van der Waals surface area contributed by atoms with Gasteiger partial charge in [-0.15, -0.1) is 0 Å². The minimum Gasteiger partial charge on any atom is -0.291 e. The number of rotatable bonds is 4. The Labute approximate surface area is 167 Å². The molecule has 142 valence electrons. The van der Waals surface area contributed by atoms with Crippen molar-refractivity contribution < 1.29 is 14.4 Å². The summed E-state index contributed by atoms with van der Waals surface area (Å²) >= 11 is 1.55. The lowest BCUT2D eigenvalue weighted by molar-refractivity contribution is -0.127. The topological polar surface area (TPSA) is 70.1 Å². The van der Waals surface area contributed by atoms with E-state index in [1.165, 1.54) is 0 Å². The zero-order chi connectivity index (χ0) is 19.5. The molecule has 3 amide bonds. The first-order chi connectivity index (χ1) is 13.6. The minimum absolute atomic E-state index is 0.0744. The SMILES string of the molecule is O=C(CCN1C(=O)c2ccccc2C1=O)N1CCCSC1=Nc1ccccc1. The normalized spacial score (nSPS) is 17.9. The number of hydrogen-bond acceptors (Lipinski definition) is 5. The molecule has 2 heterocycles. The molecule has 1 saturated heterocycles. The predicted molar refractivity (Wildman–Crippen MR) is 109 cm³/mol. The molecule has 0 aromatic heterocycles. The Hall–Kier alpha value is -2.93. The maximum absolute atomic E-state index is 12.8. The second-order valence-electron chi connectivity index (χ2n) is 6.53. The molecule has 0 bridgehead atoms. The van der Waals surface area contributed by atoms with Crippen LogP contribution >= 0.6 is 11.8 Å². The maximum atomic E-state index is 12.8. The molecular weight excluding hydrogens is 374 g/mol. The molecule has 7 heteroatoms. The van der Waals surface area contributed by atoms with Gasteiger partial charge in [-0.3, -0.25) is 24.2 Å². The molecule has 0 unspecified atom stereocenters. The number of benzene rings is 2.